The summed E-state index contributed by atoms with van der Waals surface area (Å²) in [5.41, 5.74) is 7.43. The van der Waals surface area contributed by atoms with E-state index < -0.39 is 0 Å². The van der Waals surface area contributed by atoms with E-state index in [4.69, 9.17) is 0 Å². The second-order valence-corrected chi connectivity index (χ2v) is 7.74. The van der Waals surface area contributed by atoms with Crippen LogP contribution in [0.1, 0.15) is 11.1 Å². The molecule has 2 rings (SSSR count). The minimum atomic E-state index is 1.12. The first-order valence-electron chi connectivity index (χ1n) is 7.17. The summed E-state index contributed by atoms with van der Waals surface area (Å²) in [5.74, 6) is 0. The van der Waals surface area contributed by atoms with Crippen molar-refractivity contribution in [3.8, 4) is 11.1 Å². The van der Waals surface area contributed by atoms with Crippen LogP contribution < -0.4 is 9.80 Å². The van der Waals surface area contributed by atoms with Crippen molar-refractivity contribution in [3.63, 3.8) is 0 Å². The lowest BCUT2D eigenvalue weighted by Gasteiger charge is -2.21. The second-order valence-electron chi connectivity index (χ2n) is 6.03. The molecule has 2 aromatic rings. The minimum Gasteiger partial charge on any atom is -0.378 e. The predicted molar refractivity (Wildman–Crippen MR) is 105 cm³/mol. The molecule has 0 heterocycles. The van der Waals surface area contributed by atoms with Gasteiger partial charge in [-0.15, -0.1) is 0 Å². The average Bonchev–Trinajstić information content (AvgIpc) is 2.40. The van der Waals surface area contributed by atoms with Crippen LogP contribution in [-0.2, 0) is 0 Å². The summed E-state index contributed by atoms with van der Waals surface area (Å²) in [6.07, 6.45) is 0. The smallest absolute Gasteiger partial charge is 0.0375 e. The summed E-state index contributed by atoms with van der Waals surface area (Å²) < 4.78 is 2.25. The summed E-state index contributed by atoms with van der Waals surface area (Å²) in [5, 5.41) is 0. The Kier molecular flexibility index (Phi) is 5.23. The second kappa shape index (κ2) is 6.63. The first-order valence-corrected chi connectivity index (χ1v) is 8.76. The number of benzene rings is 2. The number of anilines is 2. The van der Waals surface area contributed by atoms with Gasteiger partial charge in [0.1, 0.15) is 0 Å². The summed E-state index contributed by atoms with van der Waals surface area (Å²) >= 11 is 7.52. The van der Waals surface area contributed by atoms with Gasteiger partial charge < -0.3 is 9.80 Å². The van der Waals surface area contributed by atoms with E-state index in [2.05, 4.69) is 108 Å². The van der Waals surface area contributed by atoms with Crippen LogP contribution in [0, 0.1) is 13.8 Å². The molecule has 0 spiro atoms. The monoisotopic (exact) mass is 424 g/mol. The molecule has 118 valence electrons. The summed E-state index contributed by atoms with van der Waals surface area (Å²) in [6.45, 7) is 4.33. The predicted octanol–water partition coefficient (Wildman–Crippen LogP) is 5.63. The van der Waals surface area contributed by atoms with Crippen LogP contribution in [-0.4, -0.2) is 28.2 Å². The first kappa shape index (κ1) is 17.4. The van der Waals surface area contributed by atoms with Crippen molar-refractivity contribution in [3.05, 3.63) is 44.3 Å². The Labute approximate surface area is 150 Å². The van der Waals surface area contributed by atoms with Crippen molar-refractivity contribution in [1.82, 2.24) is 0 Å². The zero-order valence-electron chi connectivity index (χ0n) is 14.0. The standard InChI is InChI=1S/C18H22Br2N2/c1-11-7-13(21(3)4)9-15(19)17(11)18-12(2)8-14(22(5)6)10-16(18)20/h7-10H,1-6H3. The zero-order valence-corrected chi connectivity index (χ0v) is 17.1. The molecule has 0 aliphatic rings. The molecule has 0 bridgehead atoms. The maximum atomic E-state index is 3.76. The minimum absolute atomic E-state index is 1.12. The third-order valence-electron chi connectivity index (χ3n) is 3.83. The van der Waals surface area contributed by atoms with Gasteiger partial charge in [-0.2, -0.15) is 0 Å². The SMILES string of the molecule is Cc1cc(N(C)C)cc(Br)c1-c1c(C)cc(N(C)C)cc1Br. The van der Waals surface area contributed by atoms with Crippen molar-refractivity contribution < 1.29 is 0 Å². The molecule has 0 amide bonds. The molecule has 0 fully saturated rings. The number of hydrogen-bond donors (Lipinski definition) is 0. The fraction of sp³-hybridized carbons (Fsp3) is 0.333. The number of rotatable bonds is 3. The fourth-order valence-corrected chi connectivity index (χ4v) is 4.09. The molecule has 22 heavy (non-hydrogen) atoms. The van der Waals surface area contributed by atoms with Gasteiger partial charge in [-0.3, -0.25) is 0 Å². The van der Waals surface area contributed by atoms with Crippen molar-refractivity contribution in [1.29, 1.82) is 0 Å². The molecular weight excluding hydrogens is 404 g/mol. The summed E-state index contributed by atoms with van der Waals surface area (Å²) in [7, 11) is 8.25. The molecule has 0 saturated carbocycles. The highest BCUT2D eigenvalue weighted by Crippen LogP contribution is 2.41. The molecule has 2 aromatic carbocycles. The lowest BCUT2D eigenvalue weighted by Crippen LogP contribution is -2.10. The molecule has 0 atom stereocenters. The third kappa shape index (κ3) is 3.33. The molecule has 0 aromatic heterocycles. The van der Waals surface area contributed by atoms with Crippen LogP contribution in [0.3, 0.4) is 0 Å². The van der Waals surface area contributed by atoms with Crippen molar-refractivity contribution in [2.45, 2.75) is 13.8 Å². The van der Waals surface area contributed by atoms with E-state index in [9.17, 15) is 0 Å². The van der Waals surface area contributed by atoms with E-state index in [1.54, 1.807) is 0 Å². The fourth-order valence-electron chi connectivity index (χ4n) is 2.60. The first-order chi connectivity index (χ1) is 10.2. The molecule has 0 saturated heterocycles. The highest BCUT2D eigenvalue weighted by atomic mass is 79.9. The Bertz CT molecular complexity index is 599. The molecule has 4 heteroatoms. The van der Waals surface area contributed by atoms with E-state index in [0.29, 0.717) is 0 Å². The van der Waals surface area contributed by atoms with Crippen LogP contribution in [0.2, 0.25) is 0 Å². The van der Waals surface area contributed by atoms with Crippen LogP contribution in [0.15, 0.2) is 33.2 Å². The summed E-state index contributed by atoms with van der Waals surface area (Å²) in [6, 6.07) is 8.81. The Morgan fingerprint density at radius 1 is 0.636 bits per heavy atom. The molecule has 0 N–H and O–H groups in total. The molecule has 0 radical (unpaired) electrons. The van der Waals surface area contributed by atoms with E-state index in [1.165, 1.54) is 33.6 Å². The van der Waals surface area contributed by atoms with Gasteiger partial charge in [0, 0.05) is 59.6 Å². The number of halogens is 2. The van der Waals surface area contributed by atoms with Gasteiger partial charge in [0.2, 0.25) is 0 Å². The van der Waals surface area contributed by atoms with Crippen LogP contribution in [0.5, 0.6) is 0 Å². The lowest BCUT2D eigenvalue weighted by molar-refractivity contribution is 1.12. The molecule has 0 aliphatic heterocycles. The Hall–Kier alpha value is -1.00. The quantitative estimate of drug-likeness (QED) is 0.628. The normalized spacial score (nSPS) is 10.7. The van der Waals surface area contributed by atoms with Gasteiger partial charge in [-0.25, -0.2) is 0 Å². The number of aryl methyl sites for hydroxylation is 2. The van der Waals surface area contributed by atoms with E-state index in [0.717, 1.165) is 8.95 Å². The highest BCUT2D eigenvalue weighted by Gasteiger charge is 2.16. The van der Waals surface area contributed by atoms with E-state index in [1.807, 2.05) is 0 Å². The van der Waals surface area contributed by atoms with Gasteiger partial charge in [-0.05, 0) is 49.2 Å². The van der Waals surface area contributed by atoms with Crippen molar-refractivity contribution in [2.24, 2.45) is 0 Å². The maximum Gasteiger partial charge on any atom is 0.0375 e. The van der Waals surface area contributed by atoms with Crippen molar-refractivity contribution >= 4 is 43.2 Å². The number of hydrogen-bond acceptors (Lipinski definition) is 2. The maximum absolute atomic E-state index is 3.76. The largest absolute Gasteiger partial charge is 0.378 e. The van der Waals surface area contributed by atoms with E-state index >= 15 is 0 Å². The van der Waals surface area contributed by atoms with E-state index in [-0.39, 0.29) is 0 Å². The Morgan fingerprint density at radius 3 is 1.18 bits per heavy atom. The van der Waals surface area contributed by atoms with Crippen LogP contribution >= 0.6 is 31.9 Å². The molecular formula is C18H22Br2N2. The molecule has 2 nitrogen and oxygen atoms in total. The van der Waals surface area contributed by atoms with Gasteiger partial charge in [0.25, 0.3) is 0 Å². The number of nitrogens with zero attached hydrogens (tertiary/aromatic N) is 2. The van der Waals surface area contributed by atoms with Gasteiger partial charge >= 0.3 is 0 Å². The molecule has 0 unspecified atom stereocenters. The molecule has 0 aliphatic carbocycles. The van der Waals surface area contributed by atoms with Gasteiger partial charge in [0.05, 0.1) is 0 Å². The third-order valence-corrected chi connectivity index (χ3v) is 5.08. The Balaban J connectivity index is 2.67. The summed E-state index contributed by atoms with van der Waals surface area (Å²) in [4.78, 5) is 4.25. The lowest BCUT2D eigenvalue weighted by atomic mass is 9.95. The van der Waals surface area contributed by atoms with Gasteiger partial charge in [-0.1, -0.05) is 31.9 Å². The van der Waals surface area contributed by atoms with Crippen LogP contribution in [0.25, 0.3) is 11.1 Å². The topological polar surface area (TPSA) is 6.48 Å². The zero-order chi connectivity index (χ0) is 16.6. The van der Waals surface area contributed by atoms with Crippen LogP contribution in [0.4, 0.5) is 11.4 Å². The average molecular weight is 426 g/mol. The highest BCUT2D eigenvalue weighted by molar-refractivity contribution is 9.11. The van der Waals surface area contributed by atoms with Crippen molar-refractivity contribution in [2.75, 3.05) is 38.0 Å². The Morgan fingerprint density at radius 2 is 0.955 bits per heavy atom. The van der Waals surface area contributed by atoms with Gasteiger partial charge in [0.15, 0.2) is 0 Å².